The van der Waals surface area contributed by atoms with Crippen LogP contribution in [0.3, 0.4) is 0 Å². The van der Waals surface area contributed by atoms with Crippen LogP contribution in [0.5, 0.6) is 0 Å². The number of hydrogen-bond donors (Lipinski definition) is 2. The van der Waals surface area contributed by atoms with Crippen molar-refractivity contribution >= 4 is 17.5 Å². The number of ether oxygens (including phenoxy) is 2. The van der Waals surface area contributed by atoms with Crippen LogP contribution >= 0.6 is 0 Å². The highest BCUT2D eigenvalue weighted by Gasteiger charge is 2.25. The van der Waals surface area contributed by atoms with E-state index in [1.165, 1.54) is 0 Å². The molecule has 0 saturated carbocycles. The maximum Gasteiger partial charge on any atom is 0.309 e. The minimum atomic E-state index is -0.607. The molecule has 160 valence electrons. The maximum absolute atomic E-state index is 12.3. The van der Waals surface area contributed by atoms with Crippen LogP contribution in [-0.2, 0) is 19.1 Å². The van der Waals surface area contributed by atoms with E-state index in [0.29, 0.717) is 26.3 Å². The van der Waals surface area contributed by atoms with Gasteiger partial charge in [-0.2, -0.15) is 0 Å². The van der Waals surface area contributed by atoms with Gasteiger partial charge < -0.3 is 25.0 Å². The Morgan fingerprint density at radius 3 is 2.41 bits per heavy atom. The second-order valence-electron chi connectivity index (χ2n) is 7.71. The topological polar surface area (TPSA) is 83.1 Å². The summed E-state index contributed by atoms with van der Waals surface area (Å²) in [6.07, 6.45) is 1.94. The molecule has 2 N–H and O–H groups in total. The Labute approximate surface area is 172 Å². The van der Waals surface area contributed by atoms with Gasteiger partial charge in [0.1, 0.15) is 0 Å². The largest absolute Gasteiger partial charge is 0.379 e. The summed E-state index contributed by atoms with van der Waals surface area (Å²) in [6, 6.07) is 8.29. The molecule has 0 aromatic heterocycles. The van der Waals surface area contributed by atoms with Gasteiger partial charge in [-0.3, -0.25) is 14.5 Å². The molecule has 2 atom stereocenters. The zero-order valence-electron chi connectivity index (χ0n) is 17.4. The van der Waals surface area contributed by atoms with Gasteiger partial charge in [-0.15, -0.1) is 0 Å². The molecule has 0 bridgehead atoms. The third-order valence-corrected chi connectivity index (χ3v) is 5.46. The van der Waals surface area contributed by atoms with Gasteiger partial charge >= 0.3 is 11.8 Å². The van der Waals surface area contributed by atoms with E-state index in [1.807, 2.05) is 19.0 Å². The van der Waals surface area contributed by atoms with Gasteiger partial charge in [0.05, 0.1) is 25.4 Å². The highest BCUT2D eigenvalue weighted by Crippen LogP contribution is 2.23. The Morgan fingerprint density at radius 2 is 1.79 bits per heavy atom. The fourth-order valence-corrected chi connectivity index (χ4v) is 3.70. The minimum Gasteiger partial charge on any atom is -0.379 e. The monoisotopic (exact) mass is 404 g/mol. The Kier molecular flexibility index (Phi) is 7.85. The first-order chi connectivity index (χ1) is 14.0. The maximum atomic E-state index is 12.3. The molecule has 2 saturated heterocycles. The zero-order chi connectivity index (χ0) is 20.6. The van der Waals surface area contributed by atoms with Gasteiger partial charge in [0.15, 0.2) is 0 Å². The van der Waals surface area contributed by atoms with Crippen molar-refractivity contribution in [3.05, 3.63) is 29.8 Å². The molecule has 0 aliphatic carbocycles. The number of rotatable bonds is 7. The molecule has 8 heteroatoms. The third kappa shape index (κ3) is 6.16. The summed E-state index contributed by atoms with van der Waals surface area (Å²) in [7, 11) is 4.01. The molecule has 2 amide bonds. The lowest BCUT2D eigenvalue weighted by molar-refractivity contribution is -0.139. The first-order valence-electron chi connectivity index (χ1n) is 10.3. The number of benzene rings is 1. The number of nitrogens with one attached hydrogen (secondary N) is 2. The predicted molar refractivity (Wildman–Crippen MR) is 111 cm³/mol. The Bertz CT molecular complexity index is 668. The quantitative estimate of drug-likeness (QED) is 0.646. The van der Waals surface area contributed by atoms with E-state index < -0.39 is 11.8 Å². The van der Waals surface area contributed by atoms with Gasteiger partial charge in [0.25, 0.3) is 0 Å². The first kappa shape index (κ1) is 21.5. The van der Waals surface area contributed by atoms with E-state index in [9.17, 15) is 9.59 Å². The molecule has 0 radical (unpaired) electrons. The Hall–Kier alpha value is -2.16. The van der Waals surface area contributed by atoms with E-state index in [0.717, 1.165) is 43.8 Å². The molecular weight excluding hydrogens is 372 g/mol. The minimum absolute atomic E-state index is 0.00923. The highest BCUT2D eigenvalue weighted by molar-refractivity contribution is 6.35. The molecular formula is C21H32N4O4. The molecule has 1 aromatic rings. The lowest BCUT2D eigenvalue weighted by atomic mass is 10.0. The van der Waals surface area contributed by atoms with E-state index in [1.54, 1.807) is 0 Å². The summed E-state index contributed by atoms with van der Waals surface area (Å²) >= 11 is 0. The molecule has 2 heterocycles. The van der Waals surface area contributed by atoms with Crippen molar-refractivity contribution < 1.29 is 19.1 Å². The molecule has 2 aliphatic rings. The number of anilines is 1. The van der Waals surface area contributed by atoms with Gasteiger partial charge in [0.2, 0.25) is 0 Å². The average Bonchev–Trinajstić information content (AvgIpc) is 3.27. The summed E-state index contributed by atoms with van der Waals surface area (Å²) in [6.45, 7) is 4.39. The van der Waals surface area contributed by atoms with Gasteiger partial charge in [0, 0.05) is 52.6 Å². The standard InChI is InChI=1S/C21H32N4O4/c1-24(2)17-7-5-16(6-8-17)19(25-9-12-28-13-10-25)15-23-21(27)20(26)22-14-18-4-3-11-29-18/h5-8,18-19H,3-4,9-15H2,1-2H3,(H,22,26)(H,23,27)/t18-,19+/m1/s1. The van der Waals surface area contributed by atoms with Gasteiger partial charge in [-0.25, -0.2) is 0 Å². The fraction of sp³-hybridized carbons (Fsp3) is 0.619. The highest BCUT2D eigenvalue weighted by atomic mass is 16.5. The van der Waals surface area contributed by atoms with Crippen LogP contribution in [0.25, 0.3) is 0 Å². The van der Waals surface area contributed by atoms with E-state index in [-0.39, 0.29) is 12.1 Å². The zero-order valence-corrected chi connectivity index (χ0v) is 17.4. The van der Waals surface area contributed by atoms with Crippen molar-refractivity contribution in [3.63, 3.8) is 0 Å². The molecule has 8 nitrogen and oxygen atoms in total. The normalized spacial score (nSPS) is 20.8. The van der Waals surface area contributed by atoms with Gasteiger partial charge in [-0.1, -0.05) is 12.1 Å². The fourth-order valence-electron chi connectivity index (χ4n) is 3.70. The molecule has 1 aromatic carbocycles. The van der Waals surface area contributed by atoms with Crippen LogP contribution in [0.1, 0.15) is 24.4 Å². The second kappa shape index (κ2) is 10.6. The summed E-state index contributed by atoms with van der Waals surface area (Å²) in [5.74, 6) is -1.21. The summed E-state index contributed by atoms with van der Waals surface area (Å²) in [5, 5.41) is 5.48. The van der Waals surface area contributed by atoms with Crippen LogP contribution in [-0.4, -0.2) is 82.9 Å². The van der Waals surface area contributed by atoms with E-state index in [4.69, 9.17) is 9.47 Å². The molecule has 0 unspecified atom stereocenters. The number of morpholine rings is 1. The summed E-state index contributed by atoms with van der Waals surface area (Å²) < 4.78 is 10.9. The number of hydrogen-bond acceptors (Lipinski definition) is 6. The molecule has 2 fully saturated rings. The van der Waals surface area contributed by atoms with Crippen LogP contribution in [0.2, 0.25) is 0 Å². The van der Waals surface area contributed by atoms with Crippen LogP contribution in [0.4, 0.5) is 5.69 Å². The van der Waals surface area contributed by atoms with Gasteiger partial charge in [-0.05, 0) is 30.5 Å². The van der Waals surface area contributed by atoms with Crippen molar-refractivity contribution in [2.75, 3.05) is 65.0 Å². The number of carbonyl (C=O) groups excluding carboxylic acids is 2. The van der Waals surface area contributed by atoms with Crippen LogP contribution in [0.15, 0.2) is 24.3 Å². The van der Waals surface area contributed by atoms with E-state index >= 15 is 0 Å². The van der Waals surface area contributed by atoms with Crippen molar-refractivity contribution in [3.8, 4) is 0 Å². The van der Waals surface area contributed by atoms with Crippen LogP contribution in [0, 0.1) is 0 Å². The smallest absolute Gasteiger partial charge is 0.309 e. The average molecular weight is 405 g/mol. The molecule has 3 rings (SSSR count). The summed E-state index contributed by atoms with van der Waals surface area (Å²) in [4.78, 5) is 28.8. The summed E-state index contributed by atoms with van der Waals surface area (Å²) in [5.41, 5.74) is 2.23. The lowest BCUT2D eigenvalue weighted by Crippen LogP contribution is -2.47. The first-order valence-corrected chi connectivity index (χ1v) is 10.3. The van der Waals surface area contributed by atoms with Crippen molar-refractivity contribution in [1.29, 1.82) is 0 Å². The number of amides is 2. The van der Waals surface area contributed by atoms with Crippen molar-refractivity contribution in [1.82, 2.24) is 15.5 Å². The third-order valence-electron chi connectivity index (χ3n) is 5.46. The van der Waals surface area contributed by atoms with Crippen molar-refractivity contribution in [2.45, 2.75) is 25.0 Å². The van der Waals surface area contributed by atoms with Crippen molar-refractivity contribution in [2.24, 2.45) is 0 Å². The Morgan fingerprint density at radius 1 is 1.10 bits per heavy atom. The SMILES string of the molecule is CN(C)c1ccc([C@H](CNC(=O)C(=O)NC[C@H]2CCCO2)N2CCOCC2)cc1. The molecule has 0 spiro atoms. The lowest BCUT2D eigenvalue weighted by Gasteiger charge is -2.35. The number of nitrogens with zero attached hydrogens (tertiary/aromatic N) is 2. The molecule has 29 heavy (non-hydrogen) atoms. The number of carbonyl (C=O) groups is 2. The Balaban J connectivity index is 1.58. The second-order valence-corrected chi connectivity index (χ2v) is 7.71. The van der Waals surface area contributed by atoms with Crippen LogP contribution < -0.4 is 15.5 Å². The predicted octanol–water partition coefficient (Wildman–Crippen LogP) is 0.537. The molecule has 2 aliphatic heterocycles. The van der Waals surface area contributed by atoms with E-state index in [2.05, 4.69) is 39.8 Å².